The molecule has 0 spiro atoms. The first kappa shape index (κ1) is 17.8. The Kier molecular flexibility index (Phi) is 5.94. The number of amides is 1. The maximum atomic E-state index is 12.4. The molecule has 0 N–H and O–H groups in total. The highest BCUT2D eigenvalue weighted by atomic mass is 32.2. The van der Waals surface area contributed by atoms with Gasteiger partial charge in [-0.2, -0.15) is 0 Å². The van der Waals surface area contributed by atoms with E-state index in [0.717, 1.165) is 27.6 Å². The van der Waals surface area contributed by atoms with Crippen molar-refractivity contribution in [3.63, 3.8) is 0 Å². The number of hydrogen-bond donors (Lipinski definition) is 0. The van der Waals surface area contributed by atoms with Gasteiger partial charge in [0.2, 0.25) is 5.91 Å². The molecule has 0 aliphatic heterocycles. The Morgan fingerprint density at radius 3 is 2.76 bits per heavy atom. The summed E-state index contributed by atoms with van der Waals surface area (Å²) in [6.07, 6.45) is 0. The van der Waals surface area contributed by atoms with E-state index in [9.17, 15) is 4.79 Å². The predicted molar refractivity (Wildman–Crippen MR) is 105 cm³/mol. The van der Waals surface area contributed by atoms with Gasteiger partial charge < -0.3 is 9.64 Å². The Balaban J connectivity index is 1.51. The van der Waals surface area contributed by atoms with E-state index in [2.05, 4.69) is 11.1 Å². The first-order valence-electron chi connectivity index (χ1n) is 7.95. The van der Waals surface area contributed by atoms with Crippen LogP contribution < -0.4 is 4.74 Å². The molecule has 0 fully saturated rings. The highest BCUT2D eigenvalue weighted by molar-refractivity contribution is 7.99. The van der Waals surface area contributed by atoms with Crippen LogP contribution >= 0.6 is 23.1 Å². The van der Waals surface area contributed by atoms with E-state index in [1.807, 2.05) is 49.5 Å². The van der Waals surface area contributed by atoms with Crippen molar-refractivity contribution in [3.8, 4) is 5.75 Å². The smallest absolute Gasteiger partial charge is 0.232 e. The van der Waals surface area contributed by atoms with Crippen molar-refractivity contribution in [1.82, 2.24) is 9.88 Å². The third-order valence-corrected chi connectivity index (χ3v) is 5.96. The molecular formula is C19H20N2O2S2. The predicted octanol–water partition coefficient (Wildman–Crippen LogP) is 4.20. The number of aromatic nitrogens is 1. The van der Waals surface area contributed by atoms with Crippen molar-refractivity contribution in [2.45, 2.75) is 12.3 Å². The van der Waals surface area contributed by atoms with Crippen molar-refractivity contribution in [2.75, 3.05) is 19.9 Å². The first-order chi connectivity index (χ1) is 12.2. The van der Waals surface area contributed by atoms with Gasteiger partial charge in [-0.15, -0.1) is 23.1 Å². The molecule has 0 aliphatic carbocycles. The zero-order chi connectivity index (χ0) is 17.6. The van der Waals surface area contributed by atoms with Crippen LogP contribution in [0.5, 0.6) is 5.75 Å². The van der Waals surface area contributed by atoms with Crippen LogP contribution in [-0.2, 0) is 17.1 Å². The largest absolute Gasteiger partial charge is 0.496 e. The molecule has 1 aromatic heterocycles. The van der Waals surface area contributed by atoms with Crippen molar-refractivity contribution in [2.24, 2.45) is 0 Å². The molecule has 0 bridgehead atoms. The minimum absolute atomic E-state index is 0.108. The molecule has 1 heterocycles. The van der Waals surface area contributed by atoms with Crippen LogP contribution in [0.1, 0.15) is 10.6 Å². The van der Waals surface area contributed by atoms with Crippen LogP contribution in [0.3, 0.4) is 0 Å². The molecule has 0 radical (unpaired) electrons. The first-order valence-corrected chi connectivity index (χ1v) is 9.92. The lowest BCUT2D eigenvalue weighted by Gasteiger charge is -2.18. The standard InChI is InChI=1S/C19H20N2O2S2/c1-21(11-14-7-3-5-9-16(14)23-2)19(22)13-24-12-18-20-15-8-4-6-10-17(15)25-18/h3-10H,11-13H2,1-2H3. The number of thioether (sulfide) groups is 1. The van der Waals surface area contributed by atoms with Crippen LogP contribution in [0.2, 0.25) is 0 Å². The lowest BCUT2D eigenvalue weighted by atomic mass is 10.2. The molecule has 3 rings (SSSR count). The molecule has 0 unspecified atom stereocenters. The number of rotatable bonds is 7. The van der Waals surface area contributed by atoms with E-state index in [4.69, 9.17) is 4.74 Å². The third kappa shape index (κ3) is 4.52. The minimum atomic E-state index is 0.108. The highest BCUT2D eigenvalue weighted by Crippen LogP contribution is 2.25. The molecule has 130 valence electrons. The molecule has 1 amide bonds. The Hall–Kier alpha value is -2.05. The number of benzene rings is 2. The number of nitrogens with zero attached hydrogens (tertiary/aromatic N) is 2. The fraction of sp³-hybridized carbons (Fsp3) is 0.263. The quantitative estimate of drug-likeness (QED) is 0.623. The second-order valence-electron chi connectivity index (χ2n) is 5.63. The van der Waals surface area contributed by atoms with Gasteiger partial charge in [-0.05, 0) is 18.2 Å². The molecule has 0 saturated carbocycles. The SMILES string of the molecule is COc1ccccc1CN(C)C(=O)CSCc1nc2ccccc2s1. The van der Waals surface area contributed by atoms with E-state index in [1.165, 1.54) is 4.70 Å². The number of hydrogen-bond acceptors (Lipinski definition) is 5. The summed E-state index contributed by atoms with van der Waals surface area (Å²) in [6.45, 7) is 0.546. The third-order valence-electron chi connectivity index (χ3n) is 3.82. The second-order valence-corrected chi connectivity index (χ2v) is 7.73. The average Bonchev–Trinajstić information content (AvgIpc) is 3.04. The number of carbonyl (C=O) groups is 1. The Morgan fingerprint density at radius 2 is 1.96 bits per heavy atom. The molecule has 0 atom stereocenters. The summed E-state index contributed by atoms with van der Waals surface area (Å²) >= 11 is 3.30. The van der Waals surface area contributed by atoms with Crippen molar-refractivity contribution in [1.29, 1.82) is 0 Å². The van der Waals surface area contributed by atoms with E-state index in [1.54, 1.807) is 35.1 Å². The number of thiazole rings is 1. The zero-order valence-corrected chi connectivity index (χ0v) is 15.9. The summed E-state index contributed by atoms with van der Waals surface area (Å²) in [5.74, 6) is 2.12. The number of ether oxygens (including phenoxy) is 1. The van der Waals surface area contributed by atoms with Crippen LogP contribution in [0.4, 0.5) is 0 Å². The lowest BCUT2D eigenvalue weighted by molar-refractivity contribution is -0.127. The van der Waals surface area contributed by atoms with Gasteiger partial charge in [-0.25, -0.2) is 4.98 Å². The Bertz CT molecular complexity index is 830. The molecule has 6 heteroatoms. The fourth-order valence-electron chi connectivity index (χ4n) is 2.49. The van der Waals surface area contributed by atoms with E-state index in [-0.39, 0.29) is 5.91 Å². The Morgan fingerprint density at radius 1 is 1.20 bits per heavy atom. The highest BCUT2D eigenvalue weighted by Gasteiger charge is 2.12. The monoisotopic (exact) mass is 372 g/mol. The van der Waals surface area contributed by atoms with E-state index in [0.29, 0.717) is 12.3 Å². The number of para-hydroxylation sites is 2. The summed E-state index contributed by atoms with van der Waals surface area (Å²) in [5, 5.41) is 1.06. The number of methoxy groups -OCH3 is 1. The van der Waals surface area contributed by atoms with Crippen molar-refractivity contribution < 1.29 is 9.53 Å². The summed E-state index contributed by atoms with van der Waals surface area (Å²) in [4.78, 5) is 18.7. The van der Waals surface area contributed by atoms with Gasteiger partial charge in [-0.1, -0.05) is 30.3 Å². The van der Waals surface area contributed by atoms with Crippen LogP contribution in [0, 0.1) is 0 Å². The summed E-state index contributed by atoms with van der Waals surface area (Å²) in [6, 6.07) is 15.9. The van der Waals surface area contributed by atoms with Gasteiger partial charge in [-0.3, -0.25) is 4.79 Å². The van der Waals surface area contributed by atoms with Crippen molar-refractivity contribution in [3.05, 3.63) is 59.1 Å². The molecule has 0 saturated heterocycles. The molecule has 25 heavy (non-hydrogen) atoms. The van der Waals surface area contributed by atoms with Crippen molar-refractivity contribution >= 4 is 39.2 Å². The molecule has 4 nitrogen and oxygen atoms in total. The molecule has 2 aromatic carbocycles. The Labute approximate surface area is 155 Å². The van der Waals surface area contributed by atoms with Gasteiger partial charge in [0.25, 0.3) is 0 Å². The van der Waals surface area contributed by atoms with E-state index >= 15 is 0 Å². The molecule has 0 aliphatic rings. The second kappa shape index (κ2) is 8.36. The summed E-state index contributed by atoms with van der Waals surface area (Å²) in [7, 11) is 3.47. The van der Waals surface area contributed by atoms with Gasteiger partial charge in [0.05, 0.1) is 23.1 Å². The average molecular weight is 373 g/mol. The lowest BCUT2D eigenvalue weighted by Crippen LogP contribution is -2.28. The van der Waals surface area contributed by atoms with E-state index < -0.39 is 0 Å². The maximum Gasteiger partial charge on any atom is 0.232 e. The van der Waals surface area contributed by atoms with Crippen LogP contribution in [0.15, 0.2) is 48.5 Å². The number of carbonyl (C=O) groups excluding carboxylic acids is 1. The molecule has 3 aromatic rings. The normalized spacial score (nSPS) is 10.8. The maximum absolute atomic E-state index is 12.4. The van der Waals surface area contributed by atoms with Crippen LogP contribution in [-0.4, -0.2) is 35.7 Å². The summed E-state index contributed by atoms with van der Waals surface area (Å²) in [5.41, 5.74) is 2.04. The van der Waals surface area contributed by atoms with Gasteiger partial charge in [0.1, 0.15) is 10.8 Å². The summed E-state index contributed by atoms with van der Waals surface area (Å²) < 4.78 is 6.54. The minimum Gasteiger partial charge on any atom is -0.496 e. The zero-order valence-electron chi connectivity index (χ0n) is 14.3. The van der Waals surface area contributed by atoms with Gasteiger partial charge in [0, 0.05) is 24.9 Å². The van der Waals surface area contributed by atoms with Gasteiger partial charge in [0.15, 0.2) is 0 Å². The van der Waals surface area contributed by atoms with Crippen LogP contribution in [0.25, 0.3) is 10.2 Å². The molecular weight excluding hydrogens is 352 g/mol. The van der Waals surface area contributed by atoms with Gasteiger partial charge >= 0.3 is 0 Å². The topological polar surface area (TPSA) is 42.4 Å². The number of fused-ring (bicyclic) bond motifs is 1. The fourth-order valence-corrected chi connectivity index (χ4v) is 4.48.